The number of rotatable bonds is 8. The van der Waals surface area contributed by atoms with E-state index in [-0.39, 0.29) is 11.9 Å². The largest absolute Gasteiger partial charge is 0.355 e. The lowest BCUT2D eigenvalue weighted by Gasteiger charge is -2.15. The highest BCUT2D eigenvalue weighted by molar-refractivity contribution is 7.98. The molecule has 106 valence electrons. The summed E-state index contributed by atoms with van der Waals surface area (Å²) in [4.78, 5) is 11.9. The van der Waals surface area contributed by atoms with Crippen LogP contribution in [0.25, 0.3) is 0 Å². The van der Waals surface area contributed by atoms with Gasteiger partial charge in [-0.2, -0.15) is 11.8 Å². The minimum atomic E-state index is 0.0593. The molecule has 1 unspecified atom stereocenters. The summed E-state index contributed by atoms with van der Waals surface area (Å²) in [5.41, 5.74) is 0. The van der Waals surface area contributed by atoms with Gasteiger partial charge in [-0.05, 0) is 44.2 Å². The lowest BCUT2D eigenvalue weighted by atomic mass is 10.1. The average molecular weight is 272 g/mol. The first-order valence-electron chi connectivity index (χ1n) is 7.34. The molecule has 0 radical (unpaired) electrons. The molecular weight excluding hydrogens is 244 g/mol. The molecule has 0 saturated carbocycles. The van der Waals surface area contributed by atoms with Crippen molar-refractivity contribution in [1.82, 2.24) is 10.6 Å². The van der Waals surface area contributed by atoms with E-state index in [4.69, 9.17) is 0 Å². The van der Waals surface area contributed by atoms with Gasteiger partial charge in [0, 0.05) is 6.54 Å². The lowest BCUT2D eigenvalue weighted by Crippen LogP contribution is -2.43. The maximum Gasteiger partial charge on any atom is 0.237 e. The van der Waals surface area contributed by atoms with Gasteiger partial charge in [0.25, 0.3) is 0 Å². The topological polar surface area (TPSA) is 41.1 Å². The zero-order valence-electron chi connectivity index (χ0n) is 11.7. The molecule has 0 spiro atoms. The van der Waals surface area contributed by atoms with Gasteiger partial charge in [0.05, 0.1) is 6.04 Å². The van der Waals surface area contributed by atoms with Crippen molar-refractivity contribution < 1.29 is 4.79 Å². The van der Waals surface area contributed by atoms with Gasteiger partial charge in [-0.3, -0.25) is 4.79 Å². The van der Waals surface area contributed by atoms with E-state index in [1.54, 1.807) is 0 Å². The summed E-state index contributed by atoms with van der Waals surface area (Å²) in [6, 6.07) is 0.0593. The summed E-state index contributed by atoms with van der Waals surface area (Å²) in [7, 11) is 0. The maximum atomic E-state index is 11.9. The van der Waals surface area contributed by atoms with Gasteiger partial charge >= 0.3 is 0 Å². The van der Waals surface area contributed by atoms with Crippen molar-refractivity contribution in [1.29, 1.82) is 0 Å². The Morgan fingerprint density at radius 2 is 2.06 bits per heavy atom. The maximum absolute atomic E-state index is 11.9. The number of carbonyl (C=O) groups is 1. The van der Waals surface area contributed by atoms with Crippen LogP contribution >= 0.6 is 11.8 Å². The van der Waals surface area contributed by atoms with Crippen LogP contribution in [-0.4, -0.2) is 37.0 Å². The van der Waals surface area contributed by atoms with E-state index in [2.05, 4.69) is 16.9 Å². The third-order valence-corrected chi connectivity index (χ3v) is 4.15. The Labute approximate surface area is 116 Å². The van der Waals surface area contributed by atoms with Gasteiger partial charge in [0.1, 0.15) is 0 Å². The molecule has 0 bridgehead atoms. The minimum absolute atomic E-state index is 0.0593. The normalized spacial score (nSPS) is 20.4. The molecule has 1 atom stereocenters. The van der Waals surface area contributed by atoms with E-state index < -0.39 is 0 Å². The molecule has 4 heteroatoms. The molecule has 1 heterocycles. The SMILES string of the molecule is CSCCCCCCNC(=O)C1CCCCCN1. The summed E-state index contributed by atoms with van der Waals surface area (Å²) in [5, 5.41) is 6.40. The van der Waals surface area contributed by atoms with Crippen LogP contribution in [0.1, 0.15) is 51.4 Å². The highest BCUT2D eigenvalue weighted by Crippen LogP contribution is 2.08. The van der Waals surface area contributed by atoms with Crippen molar-refractivity contribution in [2.24, 2.45) is 0 Å². The fraction of sp³-hybridized carbons (Fsp3) is 0.929. The van der Waals surface area contributed by atoms with E-state index in [1.807, 2.05) is 11.8 Å². The van der Waals surface area contributed by atoms with Gasteiger partial charge in [0.15, 0.2) is 0 Å². The van der Waals surface area contributed by atoms with Gasteiger partial charge < -0.3 is 10.6 Å². The van der Waals surface area contributed by atoms with Crippen LogP contribution in [0.5, 0.6) is 0 Å². The highest BCUT2D eigenvalue weighted by atomic mass is 32.2. The molecule has 0 aliphatic carbocycles. The second kappa shape index (κ2) is 10.7. The number of carbonyl (C=O) groups excluding carboxylic acids is 1. The zero-order chi connectivity index (χ0) is 13.1. The van der Waals surface area contributed by atoms with Crippen molar-refractivity contribution in [3.8, 4) is 0 Å². The quantitative estimate of drug-likeness (QED) is 0.667. The predicted molar refractivity (Wildman–Crippen MR) is 80.1 cm³/mol. The van der Waals surface area contributed by atoms with E-state index in [0.717, 1.165) is 25.9 Å². The fourth-order valence-electron chi connectivity index (χ4n) is 2.31. The van der Waals surface area contributed by atoms with Crippen LogP contribution in [0.3, 0.4) is 0 Å². The Bertz CT molecular complexity index is 216. The Hall–Kier alpha value is -0.220. The number of thioether (sulfide) groups is 1. The Balaban J connectivity index is 1.98. The summed E-state index contributed by atoms with van der Waals surface area (Å²) in [5.74, 6) is 1.47. The third-order valence-electron chi connectivity index (χ3n) is 3.45. The molecule has 3 nitrogen and oxygen atoms in total. The van der Waals surface area contributed by atoms with Crippen LogP contribution in [0.4, 0.5) is 0 Å². The Kier molecular flexibility index (Phi) is 9.40. The number of unbranched alkanes of at least 4 members (excludes halogenated alkanes) is 3. The first-order valence-corrected chi connectivity index (χ1v) is 8.74. The van der Waals surface area contributed by atoms with Crippen molar-refractivity contribution >= 4 is 17.7 Å². The molecular formula is C14H28N2OS. The van der Waals surface area contributed by atoms with Gasteiger partial charge in [-0.25, -0.2) is 0 Å². The van der Waals surface area contributed by atoms with E-state index in [1.165, 1.54) is 44.3 Å². The first kappa shape index (κ1) is 15.8. The molecule has 18 heavy (non-hydrogen) atoms. The van der Waals surface area contributed by atoms with E-state index >= 15 is 0 Å². The number of hydrogen-bond donors (Lipinski definition) is 2. The van der Waals surface area contributed by atoms with Gasteiger partial charge in [-0.1, -0.05) is 25.7 Å². The monoisotopic (exact) mass is 272 g/mol. The number of hydrogen-bond acceptors (Lipinski definition) is 3. The van der Waals surface area contributed by atoms with Crippen LogP contribution in [0.15, 0.2) is 0 Å². The molecule has 1 rings (SSSR count). The predicted octanol–water partition coefficient (Wildman–Crippen LogP) is 2.56. The van der Waals surface area contributed by atoms with Crippen LogP contribution in [-0.2, 0) is 4.79 Å². The standard InChI is InChI=1S/C14H28N2OS/c1-18-12-8-3-2-6-11-16-14(17)13-9-5-4-7-10-15-13/h13,15H,2-12H2,1H3,(H,16,17). The fourth-order valence-corrected chi connectivity index (χ4v) is 2.80. The van der Waals surface area contributed by atoms with Crippen molar-refractivity contribution in [3.05, 3.63) is 0 Å². The molecule has 1 aliphatic heterocycles. The van der Waals surface area contributed by atoms with Crippen LogP contribution in [0, 0.1) is 0 Å². The van der Waals surface area contributed by atoms with Crippen LogP contribution in [0.2, 0.25) is 0 Å². The molecule has 0 aromatic carbocycles. The second-order valence-electron chi connectivity index (χ2n) is 5.05. The summed E-state index contributed by atoms with van der Waals surface area (Å²) >= 11 is 1.91. The van der Waals surface area contributed by atoms with E-state index in [9.17, 15) is 4.79 Å². The summed E-state index contributed by atoms with van der Waals surface area (Å²) < 4.78 is 0. The highest BCUT2D eigenvalue weighted by Gasteiger charge is 2.18. The number of nitrogens with one attached hydrogen (secondary N) is 2. The van der Waals surface area contributed by atoms with Crippen molar-refractivity contribution in [2.45, 2.75) is 57.4 Å². The smallest absolute Gasteiger partial charge is 0.237 e. The van der Waals surface area contributed by atoms with Gasteiger partial charge in [-0.15, -0.1) is 0 Å². The molecule has 1 aliphatic rings. The summed E-state index contributed by atoms with van der Waals surface area (Å²) in [6.45, 7) is 1.84. The molecule has 0 aromatic rings. The Morgan fingerprint density at radius 3 is 2.89 bits per heavy atom. The van der Waals surface area contributed by atoms with E-state index in [0.29, 0.717) is 0 Å². The first-order chi connectivity index (χ1) is 8.84. The molecule has 1 saturated heterocycles. The number of amides is 1. The molecule has 1 amide bonds. The molecule has 0 aromatic heterocycles. The Morgan fingerprint density at radius 1 is 1.22 bits per heavy atom. The third kappa shape index (κ3) is 7.27. The van der Waals surface area contributed by atoms with Crippen molar-refractivity contribution in [2.75, 3.05) is 25.1 Å². The van der Waals surface area contributed by atoms with Gasteiger partial charge in [0.2, 0.25) is 5.91 Å². The second-order valence-corrected chi connectivity index (χ2v) is 6.04. The summed E-state index contributed by atoms with van der Waals surface area (Å²) in [6.07, 6.45) is 11.7. The van der Waals surface area contributed by atoms with Crippen molar-refractivity contribution in [3.63, 3.8) is 0 Å². The minimum Gasteiger partial charge on any atom is -0.355 e. The zero-order valence-corrected chi connectivity index (χ0v) is 12.5. The van der Waals surface area contributed by atoms with Crippen LogP contribution < -0.4 is 10.6 Å². The lowest BCUT2D eigenvalue weighted by molar-refractivity contribution is -0.123. The average Bonchev–Trinajstić information content (AvgIpc) is 2.66. The molecule has 2 N–H and O–H groups in total. The molecule has 1 fully saturated rings.